The molecular formula is C17H19BrFN. The SMILES string of the molecule is Cc1ccc(CCC(N)Cc2ccc(F)c(Br)c2)cc1. The Balaban J connectivity index is 1.87. The Morgan fingerprint density at radius 2 is 1.75 bits per heavy atom. The third-order valence-electron chi connectivity index (χ3n) is 3.41. The molecule has 0 fully saturated rings. The molecule has 0 spiro atoms. The van der Waals surface area contributed by atoms with Crippen molar-refractivity contribution in [2.75, 3.05) is 0 Å². The summed E-state index contributed by atoms with van der Waals surface area (Å²) in [6.07, 6.45) is 2.67. The molecule has 20 heavy (non-hydrogen) atoms. The quantitative estimate of drug-likeness (QED) is 0.860. The fraction of sp³-hybridized carbons (Fsp3) is 0.294. The maximum atomic E-state index is 13.2. The second-order valence-electron chi connectivity index (χ2n) is 5.24. The van der Waals surface area contributed by atoms with E-state index in [1.54, 1.807) is 12.1 Å². The highest BCUT2D eigenvalue weighted by atomic mass is 79.9. The lowest BCUT2D eigenvalue weighted by molar-refractivity contribution is 0.602. The van der Waals surface area contributed by atoms with Gasteiger partial charge in [-0.05, 0) is 65.4 Å². The van der Waals surface area contributed by atoms with Crippen molar-refractivity contribution in [3.63, 3.8) is 0 Å². The lowest BCUT2D eigenvalue weighted by atomic mass is 9.99. The molecule has 0 saturated heterocycles. The standard InChI is InChI=1S/C17H19BrFN/c1-12-2-4-13(5-3-12)6-8-15(20)10-14-7-9-17(19)16(18)11-14/h2-5,7,9,11,15H,6,8,10,20H2,1H3. The summed E-state index contributed by atoms with van der Waals surface area (Å²) in [7, 11) is 0. The fourth-order valence-corrected chi connectivity index (χ4v) is 2.60. The van der Waals surface area contributed by atoms with Crippen LogP contribution in [0.2, 0.25) is 0 Å². The van der Waals surface area contributed by atoms with Crippen LogP contribution in [-0.4, -0.2) is 6.04 Å². The van der Waals surface area contributed by atoms with Gasteiger partial charge in [0.25, 0.3) is 0 Å². The van der Waals surface area contributed by atoms with Crippen LogP contribution in [0.15, 0.2) is 46.9 Å². The molecule has 0 heterocycles. The minimum absolute atomic E-state index is 0.0914. The lowest BCUT2D eigenvalue weighted by Gasteiger charge is -2.12. The number of hydrogen-bond acceptors (Lipinski definition) is 1. The van der Waals surface area contributed by atoms with E-state index in [9.17, 15) is 4.39 Å². The van der Waals surface area contributed by atoms with E-state index < -0.39 is 0 Å². The third-order valence-corrected chi connectivity index (χ3v) is 4.01. The van der Waals surface area contributed by atoms with Gasteiger partial charge in [-0.2, -0.15) is 0 Å². The molecule has 2 N–H and O–H groups in total. The first-order valence-corrected chi connectivity index (χ1v) is 7.59. The maximum Gasteiger partial charge on any atom is 0.137 e. The highest BCUT2D eigenvalue weighted by molar-refractivity contribution is 9.10. The molecule has 1 unspecified atom stereocenters. The van der Waals surface area contributed by atoms with Gasteiger partial charge in [-0.1, -0.05) is 35.9 Å². The molecule has 1 atom stereocenters. The molecule has 0 aromatic heterocycles. The van der Waals surface area contributed by atoms with Gasteiger partial charge < -0.3 is 5.73 Å². The van der Waals surface area contributed by atoms with Gasteiger partial charge in [0.1, 0.15) is 5.82 Å². The summed E-state index contributed by atoms with van der Waals surface area (Å²) in [5.41, 5.74) is 9.81. The van der Waals surface area contributed by atoms with Crippen LogP contribution in [0.3, 0.4) is 0 Å². The summed E-state index contributed by atoms with van der Waals surface area (Å²) < 4.78 is 13.7. The molecule has 0 amide bonds. The van der Waals surface area contributed by atoms with Crippen molar-refractivity contribution in [2.24, 2.45) is 5.73 Å². The zero-order chi connectivity index (χ0) is 14.5. The molecule has 0 aliphatic rings. The average Bonchev–Trinajstić information content (AvgIpc) is 2.42. The van der Waals surface area contributed by atoms with Crippen LogP contribution in [0.5, 0.6) is 0 Å². The Hall–Kier alpha value is -1.19. The van der Waals surface area contributed by atoms with Crippen LogP contribution in [0.4, 0.5) is 4.39 Å². The average molecular weight is 336 g/mol. The summed E-state index contributed by atoms with van der Waals surface area (Å²) in [5, 5.41) is 0. The third kappa shape index (κ3) is 4.43. The van der Waals surface area contributed by atoms with E-state index in [4.69, 9.17) is 5.73 Å². The Bertz CT molecular complexity index is 566. The number of nitrogens with two attached hydrogens (primary N) is 1. The summed E-state index contributed by atoms with van der Waals surface area (Å²) >= 11 is 3.20. The highest BCUT2D eigenvalue weighted by Gasteiger charge is 2.07. The smallest absolute Gasteiger partial charge is 0.137 e. The van der Waals surface area contributed by atoms with E-state index >= 15 is 0 Å². The van der Waals surface area contributed by atoms with Crippen molar-refractivity contribution < 1.29 is 4.39 Å². The molecule has 2 rings (SSSR count). The molecule has 1 nitrogen and oxygen atoms in total. The van der Waals surface area contributed by atoms with E-state index in [0.717, 1.165) is 24.8 Å². The number of aryl methyl sites for hydroxylation is 2. The normalized spacial score (nSPS) is 12.4. The predicted octanol–water partition coefficient (Wildman–Crippen LogP) is 4.40. The first-order chi connectivity index (χ1) is 9.54. The zero-order valence-electron chi connectivity index (χ0n) is 11.6. The number of hydrogen-bond donors (Lipinski definition) is 1. The predicted molar refractivity (Wildman–Crippen MR) is 85.3 cm³/mol. The molecule has 3 heteroatoms. The van der Waals surface area contributed by atoms with Gasteiger partial charge in [0, 0.05) is 6.04 Å². The van der Waals surface area contributed by atoms with Crippen LogP contribution >= 0.6 is 15.9 Å². The van der Waals surface area contributed by atoms with Gasteiger partial charge in [-0.3, -0.25) is 0 Å². The summed E-state index contributed by atoms with van der Waals surface area (Å²) in [4.78, 5) is 0. The van der Waals surface area contributed by atoms with Gasteiger partial charge in [0.2, 0.25) is 0 Å². The number of benzene rings is 2. The summed E-state index contributed by atoms with van der Waals surface area (Å²) in [5.74, 6) is -0.234. The van der Waals surface area contributed by atoms with Crippen molar-refractivity contribution in [2.45, 2.75) is 32.2 Å². The van der Waals surface area contributed by atoms with Crippen molar-refractivity contribution in [3.8, 4) is 0 Å². The molecule has 0 saturated carbocycles. The van der Waals surface area contributed by atoms with Gasteiger partial charge in [0.15, 0.2) is 0 Å². The Kier molecular flexibility index (Phi) is 5.32. The molecule has 106 valence electrons. The van der Waals surface area contributed by atoms with Crippen LogP contribution in [-0.2, 0) is 12.8 Å². The molecule has 0 bridgehead atoms. The fourth-order valence-electron chi connectivity index (χ4n) is 2.18. The van der Waals surface area contributed by atoms with E-state index in [1.807, 2.05) is 0 Å². The Morgan fingerprint density at radius 1 is 1.10 bits per heavy atom. The Labute approximate surface area is 128 Å². The maximum absolute atomic E-state index is 13.2. The van der Waals surface area contributed by atoms with Crippen molar-refractivity contribution in [1.82, 2.24) is 0 Å². The van der Waals surface area contributed by atoms with Gasteiger partial charge >= 0.3 is 0 Å². The number of halogens is 2. The van der Waals surface area contributed by atoms with E-state index in [0.29, 0.717) is 4.47 Å². The minimum atomic E-state index is -0.234. The van der Waals surface area contributed by atoms with Crippen molar-refractivity contribution in [1.29, 1.82) is 0 Å². The topological polar surface area (TPSA) is 26.0 Å². The second kappa shape index (κ2) is 7.00. The monoisotopic (exact) mass is 335 g/mol. The first kappa shape index (κ1) is 15.2. The van der Waals surface area contributed by atoms with E-state index in [1.165, 1.54) is 17.2 Å². The van der Waals surface area contributed by atoms with Crippen LogP contribution < -0.4 is 5.73 Å². The zero-order valence-corrected chi connectivity index (χ0v) is 13.2. The molecular weight excluding hydrogens is 317 g/mol. The van der Waals surface area contributed by atoms with Crippen LogP contribution in [0.1, 0.15) is 23.1 Å². The molecule has 0 aliphatic carbocycles. The van der Waals surface area contributed by atoms with Gasteiger partial charge in [-0.15, -0.1) is 0 Å². The van der Waals surface area contributed by atoms with Crippen molar-refractivity contribution >= 4 is 15.9 Å². The second-order valence-corrected chi connectivity index (χ2v) is 6.09. The molecule has 0 aliphatic heterocycles. The van der Waals surface area contributed by atoms with Gasteiger partial charge in [-0.25, -0.2) is 4.39 Å². The Morgan fingerprint density at radius 3 is 2.40 bits per heavy atom. The molecule has 2 aromatic carbocycles. The lowest BCUT2D eigenvalue weighted by Crippen LogP contribution is -2.23. The van der Waals surface area contributed by atoms with E-state index in [-0.39, 0.29) is 11.9 Å². The molecule has 2 aromatic rings. The van der Waals surface area contributed by atoms with E-state index in [2.05, 4.69) is 47.1 Å². The van der Waals surface area contributed by atoms with Crippen LogP contribution in [0.25, 0.3) is 0 Å². The minimum Gasteiger partial charge on any atom is -0.327 e. The van der Waals surface area contributed by atoms with Crippen molar-refractivity contribution in [3.05, 3.63) is 69.4 Å². The largest absolute Gasteiger partial charge is 0.327 e. The van der Waals surface area contributed by atoms with Gasteiger partial charge in [0.05, 0.1) is 4.47 Å². The molecule has 0 radical (unpaired) electrons. The first-order valence-electron chi connectivity index (χ1n) is 6.79. The highest BCUT2D eigenvalue weighted by Crippen LogP contribution is 2.18. The van der Waals surface area contributed by atoms with Crippen LogP contribution in [0, 0.1) is 12.7 Å². The number of rotatable bonds is 5. The summed E-state index contributed by atoms with van der Waals surface area (Å²) in [6.45, 7) is 2.09. The summed E-state index contributed by atoms with van der Waals surface area (Å²) in [6, 6.07) is 13.7.